The van der Waals surface area contributed by atoms with Crippen LogP contribution in [0.1, 0.15) is 29.8 Å². The second kappa shape index (κ2) is 8.19. The summed E-state index contributed by atoms with van der Waals surface area (Å²) in [6.45, 7) is 2.47. The quantitative estimate of drug-likeness (QED) is 0.773. The van der Waals surface area contributed by atoms with E-state index < -0.39 is 0 Å². The van der Waals surface area contributed by atoms with Gasteiger partial charge in [-0.3, -0.25) is 0 Å². The maximum atomic E-state index is 12.1. The van der Waals surface area contributed by atoms with Crippen LogP contribution < -0.4 is 15.4 Å². The van der Waals surface area contributed by atoms with E-state index >= 15 is 0 Å². The number of methoxy groups -OCH3 is 1. The fraction of sp³-hybridized carbons (Fsp3) is 0.312. The Morgan fingerprint density at radius 2 is 2.23 bits per heavy atom. The van der Waals surface area contributed by atoms with Crippen molar-refractivity contribution < 1.29 is 9.53 Å². The Bertz CT molecular complexity index is 617. The topological polar surface area (TPSA) is 50.4 Å². The predicted octanol–water partition coefficient (Wildman–Crippen LogP) is 4.47. The zero-order chi connectivity index (χ0) is 15.9. The molecule has 1 aromatic carbocycles. The van der Waals surface area contributed by atoms with E-state index in [1.54, 1.807) is 18.4 Å². The Labute approximate surface area is 143 Å². The molecule has 22 heavy (non-hydrogen) atoms. The summed E-state index contributed by atoms with van der Waals surface area (Å²) in [7, 11) is 1.62. The van der Waals surface area contributed by atoms with E-state index in [9.17, 15) is 4.79 Å². The van der Waals surface area contributed by atoms with Crippen LogP contribution in [0.3, 0.4) is 0 Å². The van der Waals surface area contributed by atoms with Crippen molar-refractivity contribution in [3.05, 3.63) is 50.6 Å². The van der Waals surface area contributed by atoms with Gasteiger partial charge in [-0.1, -0.05) is 28.9 Å². The average molecular weight is 383 g/mol. The molecule has 2 amide bonds. The second-order valence-corrected chi connectivity index (χ2v) is 6.65. The van der Waals surface area contributed by atoms with Crippen molar-refractivity contribution in [1.29, 1.82) is 0 Å². The van der Waals surface area contributed by atoms with Gasteiger partial charge in [0.2, 0.25) is 0 Å². The van der Waals surface area contributed by atoms with Crippen molar-refractivity contribution in [2.24, 2.45) is 0 Å². The van der Waals surface area contributed by atoms with E-state index in [1.165, 1.54) is 0 Å². The molecule has 0 saturated carbocycles. The number of amides is 2. The highest BCUT2D eigenvalue weighted by atomic mass is 79.9. The second-order valence-electron chi connectivity index (χ2n) is 4.76. The van der Waals surface area contributed by atoms with Gasteiger partial charge in [-0.25, -0.2) is 4.79 Å². The van der Waals surface area contributed by atoms with E-state index in [0.29, 0.717) is 6.54 Å². The Morgan fingerprint density at radius 3 is 2.86 bits per heavy atom. The number of carbonyl (C=O) groups excluding carboxylic acids is 1. The largest absolute Gasteiger partial charge is 0.496 e. The first-order chi connectivity index (χ1) is 10.6. The van der Waals surface area contributed by atoms with Crippen LogP contribution in [0, 0.1) is 0 Å². The Morgan fingerprint density at radius 1 is 1.41 bits per heavy atom. The zero-order valence-electron chi connectivity index (χ0n) is 12.6. The molecule has 0 aliphatic heterocycles. The molecular formula is C16H19BrN2O2S. The summed E-state index contributed by atoms with van der Waals surface area (Å²) in [6, 6.07) is 9.62. The molecule has 0 saturated heterocycles. The number of thiophene rings is 1. The zero-order valence-corrected chi connectivity index (χ0v) is 15.0. The summed E-state index contributed by atoms with van der Waals surface area (Å²) < 4.78 is 6.26. The van der Waals surface area contributed by atoms with Gasteiger partial charge in [0.15, 0.2) is 0 Å². The molecule has 1 heterocycles. The third-order valence-electron chi connectivity index (χ3n) is 3.28. The van der Waals surface area contributed by atoms with Crippen molar-refractivity contribution in [2.75, 3.05) is 7.11 Å². The first-order valence-electron chi connectivity index (χ1n) is 7.04. The summed E-state index contributed by atoms with van der Waals surface area (Å²) in [5.41, 5.74) is 0.927. The molecule has 118 valence electrons. The fourth-order valence-electron chi connectivity index (χ4n) is 2.13. The van der Waals surface area contributed by atoms with Gasteiger partial charge in [-0.05, 0) is 36.1 Å². The van der Waals surface area contributed by atoms with Crippen LogP contribution in [0.2, 0.25) is 0 Å². The summed E-state index contributed by atoms with van der Waals surface area (Å²) in [5, 5.41) is 7.90. The third kappa shape index (κ3) is 4.48. The molecule has 1 atom stereocenters. The molecular weight excluding hydrogens is 364 g/mol. The van der Waals surface area contributed by atoms with Gasteiger partial charge < -0.3 is 15.4 Å². The summed E-state index contributed by atoms with van der Waals surface area (Å²) in [5.74, 6) is 0.758. The highest BCUT2D eigenvalue weighted by Crippen LogP contribution is 2.23. The van der Waals surface area contributed by atoms with Gasteiger partial charge in [-0.15, -0.1) is 11.3 Å². The molecule has 0 aliphatic carbocycles. The lowest BCUT2D eigenvalue weighted by molar-refractivity contribution is 0.236. The van der Waals surface area contributed by atoms with E-state index in [2.05, 4.69) is 33.5 Å². The van der Waals surface area contributed by atoms with Gasteiger partial charge in [0.05, 0.1) is 13.2 Å². The molecule has 2 rings (SSSR count). The SMILES string of the molecule is CCC(NC(=O)NCc1cc(Br)ccc1OC)c1cccs1. The molecule has 0 radical (unpaired) electrons. The normalized spacial score (nSPS) is 11.8. The summed E-state index contributed by atoms with van der Waals surface area (Å²) in [4.78, 5) is 13.3. The number of urea groups is 1. The standard InChI is InChI=1S/C16H19BrN2O2S/c1-3-13(15-5-4-8-22-15)19-16(20)18-10-11-9-12(17)6-7-14(11)21-2/h4-9,13H,3,10H2,1-2H3,(H2,18,19,20). The number of halogens is 1. The molecule has 1 unspecified atom stereocenters. The van der Waals surface area contributed by atoms with Gasteiger partial charge in [0.25, 0.3) is 0 Å². The minimum absolute atomic E-state index is 0.0457. The number of ether oxygens (including phenoxy) is 1. The number of carbonyl (C=O) groups is 1. The molecule has 2 N–H and O–H groups in total. The summed E-state index contributed by atoms with van der Waals surface area (Å²) >= 11 is 5.08. The highest BCUT2D eigenvalue weighted by molar-refractivity contribution is 9.10. The maximum absolute atomic E-state index is 12.1. The molecule has 1 aromatic heterocycles. The van der Waals surface area contributed by atoms with Crippen LogP contribution in [-0.2, 0) is 6.54 Å². The number of nitrogens with one attached hydrogen (secondary N) is 2. The molecule has 4 nitrogen and oxygen atoms in total. The van der Waals surface area contributed by atoms with Crippen molar-refractivity contribution in [2.45, 2.75) is 25.9 Å². The maximum Gasteiger partial charge on any atom is 0.315 e. The molecule has 0 spiro atoms. The first kappa shape index (κ1) is 16.8. The van der Waals surface area contributed by atoms with Crippen LogP contribution in [-0.4, -0.2) is 13.1 Å². The fourth-order valence-corrected chi connectivity index (χ4v) is 3.40. The van der Waals surface area contributed by atoms with E-state index in [1.807, 2.05) is 35.7 Å². The van der Waals surface area contributed by atoms with Crippen LogP contribution in [0.4, 0.5) is 4.79 Å². The van der Waals surface area contributed by atoms with Crippen molar-refractivity contribution in [1.82, 2.24) is 10.6 Å². The van der Waals surface area contributed by atoms with Crippen molar-refractivity contribution in [3.8, 4) is 5.75 Å². The van der Waals surface area contributed by atoms with Crippen molar-refractivity contribution >= 4 is 33.3 Å². The van der Waals surface area contributed by atoms with Gasteiger partial charge in [0, 0.05) is 21.5 Å². The van der Waals surface area contributed by atoms with E-state index in [0.717, 1.165) is 27.1 Å². The lowest BCUT2D eigenvalue weighted by atomic mass is 10.2. The Hall–Kier alpha value is -1.53. The minimum atomic E-state index is -0.178. The molecule has 6 heteroatoms. The van der Waals surface area contributed by atoms with Gasteiger partial charge >= 0.3 is 6.03 Å². The predicted molar refractivity (Wildman–Crippen MR) is 93.4 cm³/mol. The lowest BCUT2D eigenvalue weighted by Crippen LogP contribution is -2.37. The average Bonchev–Trinajstić information content (AvgIpc) is 3.05. The van der Waals surface area contributed by atoms with Crippen LogP contribution in [0.25, 0.3) is 0 Å². The van der Waals surface area contributed by atoms with Crippen molar-refractivity contribution in [3.63, 3.8) is 0 Å². The lowest BCUT2D eigenvalue weighted by Gasteiger charge is -2.16. The summed E-state index contributed by atoms with van der Waals surface area (Å²) in [6.07, 6.45) is 0.855. The Kier molecular flexibility index (Phi) is 6.27. The molecule has 0 fully saturated rings. The van der Waals surface area contributed by atoms with Gasteiger partial charge in [-0.2, -0.15) is 0 Å². The molecule has 0 bridgehead atoms. The Balaban J connectivity index is 1.94. The molecule has 2 aromatic rings. The first-order valence-corrected chi connectivity index (χ1v) is 8.71. The van der Waals surface area contributed by atoms with Crippen LogP contribution in [0.15, 0.2) is 40.2 Å². The molecule has 0 aliphatic rings. The van der Waals surface area contributed by atoms with Crippen LogP contribution >= 0.6 is 27.3 Å². The number of rotatable bonds is 6. The number of hydrogen-bond acceptors (Lipinski definition) is 3. The minimum Gasteiger partial charge on any atom is -0.496 e. The number of benzene rings is 1. The smallest absolute Gasteiger partial charge is 0.315 e. The van der Waals surface area contributed by atoms with E-state index in [4.69, 9.17) is 4.74 Å². The highest BCUT2D eigenvalue weighted by Gasteiger charge is 2.13. The van der Waals surface area contributed by atoms with Crippen LogP contribution in [0.5, 0.6) is 5.75 Å². The van der Waals surface area contributed by atoms with E-state index in [-0.39, 0.29) is 12.1 Å². The monoisotopic (exact) mass is 382 g/mol. The third-order valence-corrected chi connectivity index (χ3v) is 4.76. The van der Waals surface area contributed by atoms with Gasteiger partial charge in [0.1, 0.15) is 5.75 Å². The number of hydrogen-bond donors (Lipinski definition) is 2.